The summed E-state index contributed by atoms with van der Waals surface area (Å²) >= 11 is 3.28. The lowest BCUT2D eigenvalue weighted by Crippen LogP contribution is -2.14. The molecule has 0 aliphatic heterocycles. The Morgan fingerprint density at radius 1 is 1.42 bits per heavy atom. The van der Waals surface area contributed by atoms with E-state index in [1.807, 2.05) is 6.92 Å². The van der Waals surface area contributed by atoms with Crippen molar-refractivity contribution in [1.82, 2.24) is 9.78 Å². The molecule has 102 valence electrons. The van der Waals surface area contributed by atoms with Crippen molar-refractivity contribution in [3.63, 3.8) is 0 Å². The van der Waals surface area contributed by atoms with Gasteiger partial charge in [0.2, 0.25) is 0 Å². The van der Waals surface area contributed by atoms with E-state index in [4.69, 9.17) is 5.73 Å². The Morgan fingerprint density at radius 2 is 2.11 bits per heavy atom. The molecule has 0 saturated heterocycles. The molecule has 0 spiro atoms. The van der Waals surface area contributed by atoms with E-state index >= 15 is 0 Å². The van der Waals surface area contributed by atoms with Gasteiger partial charge in [-0.15, -0.1) is 0 Å². The van der Waals surface area contributed by atoms with Gasteiger partial charge in [0, 0.05) is 17.2 Å². The van der Waals surface area contributed by atoms with Gasteiger partial charge < -0.3 is 5.73 Å². The second-order valence-corrected chi connectivity index (χ2v) is 6.32. The number of benzene rings is 1. The summed E-state index contributed by atoms with van der Waals surface area (Å²) in [6, 6.07) is 6.94. The topological polar surface area (TPSA) is 90.0 Å². The Hall–Kier alpha value is -1.54. The quantitative estimate of drug-likeness (QED) is 0.887. The maximum absolute atomic E-state index is 12.2. The maximum atomic E-state index is 12.2. The molecule has 8 heteroatoms. The van der Waals surface area contributed by atoms with E-state index < -0.39 is 10.0 Å². The highest BCUT2D eigenvalue weighted by Gasteiger charge is 2.21. The number of halogens is 1. The first-order valence-electron chi connectivity index (χ1n) is 5.54. The molecular weight excluding hydrogens is 332 g/mol. The monoisotopic (exact) mass is 344 g/mol. The minimum absolute atomic E-state index is 0.0126. The third-order valence-corrected chi connectivity index (χ3v) is 4.56. The van der Waals surface area contributed by atoms with Crippen molar-refractivity contribution in [2.45, 2.75) is 18.4 Å². The van der Waals surface area contributed by atoms with Gasteiger partial charge in [-0.05, 0) is 35.0 Å². The number of nitrogens with two attached hydrogens (primary N) is 1. The zero-order chi connectivity index (χ0) is 14.0. The smallest absolute Gasteiger partial charge is 0.267 e. The molecular formula is C11H13BrN4O2S. The van der Waals surface area contributed by atoms with Crippen molar-refractivity contribution in [2.24, 2.45) is 0 Å². The van der Waals surface area contributed by atoms with Crippen LogP contribution in [0.3, 0.4) is 0 Å². The molecule has 1 aromatic heterocycles. The molecule has 2 rings (SSSR count). The third kappa shape index (κ3) is 2.90. The maximum Gasteiger partial charge on any atom is 0.267 e. The minimum Gasteiger partial charge on any atom is -0.381 e. The van der Waals surface area contributed by atoms with Crippen LogP contribution in [0.5, 0.6) is 0 Å². The molecule has 1 aromatic carbocycles. The van der Waals surface area contributed by atoms with Crippen molar-refractivity contribution in [3.05, 3.63) is 34.9 Å². The molecule has 0 aliphatic rings. The average molecular weight is 345 g/mol. The van der Waals surface area contributed by atoms with Crippen LogP contribution in [0.4, 0.5) is 11.5 Å². The van der Waals surface area contributed by atoms with Crippen LogP contribution in [-0.4, -0.2) is 18.2 Å². The Morgan fingerprint density at radius 3 is 2.68 bits per heavy atom. The molecule has 0 unspecified atom stereocenters. The van der Waals surface area contributed by atoms with E-state index in [2.05, 4.69) is 25.8 Å². The second-order valence-electron chi connectivity index (χ2n) is 3.82. The number of sulfonamides is 1. The number of hydrogen-bond donors (Lipinski definition) is 2. The molecule has 0 fully saturated rings. The number of rotatable bonds is 4. The van der Waals surface area contributed by atoms with Crippen LogP contribution >= 0.6 is 15.9 Å². The van der Waals surface area contributed by atoms with Gasteiger partial charge in [0.1, 0.15) is 4.90 Å². The highest BCUT2D eigenvalue weighted by atomic mass is 79.9. The van der Waals surface area contributed by atoms with Crippen molar-refractivity contribution in [1.29, 1.82) is 0 Å². The van der Waals surface area contributed by atoms with Gasteiger partial charge in [0.15, 0.2) is 5.82 Å². The molecule has 19 heavy (non-hydrogen) atoms. The van der Waals surface area contributed by atoms with Crippen LogP contribution in [0.1, 0.15) is 6.92 Å². The zero-order valence-electron chi connectivity index (χ0n) is 10.2. The van der Waals surface area contributed by atoms with E-state index in [-0.39, 0.29) is 10.7 Å². The van der Waals surface area contributed by atoms with Crippen LogP contribution in [-0.2, 0) is 16.6 Å². The summed E-state index contributed by atoms with van der Waals surface area (Å²) in [6.45, 7) is 2.40. The van der Waals surface area contributed by atoms with Gasteiger partial charge in [0.25, 0.3) is 10.0 Å². The van der Waals surface area contributed by atoms with E-state index in [0.29, 0.717) is 16.7 Å². The summed E-state index contributed by atoms with van der Waals surface area (Å²) in [5, 5.41) is 3.92. The Balaban J connectivity index is 2.38. The summed E-state index contributed by atoms with van der Waals surface area (Å²) < 4.78 is 29.1. The minimum atomic E-state index is -3.74. The van der Waals surface area contributed by atoms with Crippen molar-refractivity contribution in [3.8, 4) is 0 Å². The van der Waals surface area contributed by atoms with Crippen LogP contribution < -0.4 is 10.5 Å². The normalized spacial score (nSPS) is 11.5. The van der Waals surface area contributed by atoms with Crippen LogP contribution in [0.15, 0.2) is 39.8 Å². The lowest BCUT2D eigenvalue weighted by molar-refractivity contribution is 0.600. The number of nitrogens with zero attached hydrogens (tertiary/aromatic N) is 2. The number of anilines is 2. The highest BCUT2D eigenvalue weighted by molar-refractivity contribution is 9.10. The van der Waals surface area contributed by atoms with E-state index in [1.54, 1.807) is 24.3 Å². The highest BCUT2D eigenvalue weighted by Crippen LogP contribution is 2.26. The molecule has 0 aliphatic carbocycles. The fourth-order valence-electron chi connectivity index (χ4n) is 1.53. The van der Waals surface area contributed by atoms with Gasteiger partial charge >= 0.3 is 0 Å². The number of para-hydroxylation sites is 1. The molecule has 1 heterocycles. The summed E-state index contributed by atoms with van der Waals surface area (Å²) in [5.41, 5.74) is 6.08. The second kappa shape index (κ2) is 5.22. The molecule has 0 atom stereocenters. The van der Waals surface area contributed by atoms with E-state index in [9.17, 15) is 8.42 Å². The van der Waals surface area contributed by atoms with Crippen molar-refractivity contribution in [2.75, 3.05) is 10.5 Å². The van der Waals surface area contributed by atoms with Gasteiger partial charge in [-0.3, -0.25) is 9.40 Å². The third-order valence-electron chi connectivity index (χ3n) is 2.49. The number of aromatic nitrogens is 2. The Labute approximate surface area is 119 Å². The van der Waals surface area contributed by atoms with Crippen molar-refractivity contribution >= 4 is 37.5 Å². The van der Waals surface area contributed by atoms with Crippen molar-refractivity contribution < 1.29 is 8.42 Å². The van der Waals surface area contributed by atoms with Crippen LogP contribution in [0, 0.1) is 0 Å². The van der Waals surface area contributed by atoms with Gasteiger partial charge in [-0.2, -0.15) is 5.10 Å². The average Bonchev–Trinajstić information content (AvgIpc) is 2.74. The molecule has 6 nitrogen and oxygen atoms in total. The summed E-state index contributed by atoms with van der Waals surface area (Å²) in [7, 11) is -3.74. The van der Waals surface area contributed by atoms with Crippen LogP contribution in [0.25, 0.3) is 0 Å². The summed E-state index contributed by atoms with van der Waals surface area (Å²) in [6.07, 6.45) is 1.41. The molecule has 0 saturated carbocycles. The standard InChI is InChI=1S/C11H13BrN4O2S/c1-2-16-7-10(11(13)14-16)19(17,18)15-9-6-4-3-5-8(9)12/h3-7,15H,2H2,1H3,(H2,13,14). The lowest BCUT2D eigenvalue weighted by Gasteiger charge is -2.08. The number of nitrogen functional groups attached to an aromatic ring is 1. The fourth-order valence-corrected chi connectivity index (χ4v) is 3.20. The Bertz CT molecular complexity index is 696. The van der Waals surface area contributed by atoms with Crippen LogP contribution in [0.2, 0.25) is 0 Å². The first-order valence-corrected chi connectivity index (χ1v) is 7.82. The zero-order valence-corrected chi connectivity index (χ0v) is 12.6. The van der Waals surface area contributed by atoms with E-state index in [0.717, 1.165) is 0 Å². The van der Waals surface area contributed by atoms with Gasteiger partial charge in [0.05, 0.1) is 5.69 Å². The summed E-state index contributed by atoms with van der Waals surface area (Å²) in [5.74, 6) is -0.0126. The number of nitrogens with one attached hydrogen (secondary N) is 1. The SMILES string of the molecule is CCn1cc(S(=O)(=O)Nc2ccccc2Br)c(N)n1. The molecule has 3 N–H and O–H groups in total. The summed E-state index contributed by atoms with van der Waals surface area (Å²) in [4.78, 5) is -0.0231. The molecule has 0 radical (unpaired) electrons. The van der Waals surface area contributed by atoms with Gasteiger partial charge in [-0.25, -0.2) is 8.42 Å². The largest absolute Gasteiger partial charge is 0.381 e. The lowest BCUT2D eigenvalue weighted by atomic mass is 10.3. The number of hydrogen-bond acceptors (Lipinski definition) is 4. The first kappa shape index (κ1) is 13.9. The predicted octanol–water partition coefficient (Wildman–Crippen LogP) is 2.05. The predicted molar refractivity (Wildman–Crippen MR) is 77.3 cm³/mol. The first-order chi connectivity index (χ1) is 8.94. The van der Waals surface area contributed by atoms with E-state index in [1.165, 1.54) is 10.9 Å². The molecule has 0 bridgehead atoms. The van der Waals surface area contributed by atoms with Gasteiger partial charge in [-0.1, -0.05) is 12.1 Å². The molecule has 0 amide bonds. The fraction of sp³-hybridized carbons (Fsp3) is 0.182. The Kier molecular flexibility index (Phi) is 3.81. The molecule has 2 aromatic rings. The number of aryl methyl sites for hydroxylation is 1.